The van der Waals surface area contributed by atoms with Gasteiger partial charge in [0.2, 0.25) is 0 Å². The Bertz CT molecular complexity index is 391. The minimum Gasteiger partial charge on any atom is -0.484 e. The summed E-state index contributed by atoms with van der Waals surface area (Å²) in [6.45, 7) is 2.23. The molecule has 4 nitrogen and oxygen atoms in total. The summed E-state index contributed by atoms with van der Waals surface area (Å²) in [6.07, 6.45) is 0. The molecule has 92 valence electrons. The van der Waals surface area contributed by atoms with Crippen molar-refractivity contribution in [1.29, 1.82) is 0 Å². The number of carbonyl (C=O) groups is 1. The van der Waals surface area contributed by atoms with Crippen molar-refractivity contribution in [3.8, 4) is 5.75 Å². The number of carbonyl (C=O) groups excluding carboxylic acids is 1. The third-order valence-electron chi connectivity index (χ3n) is 2.52. The summed E-state index contributed by atoms with van der Waals surface area (Å²) in [7, 11) is 0. The molecule has 1 aliphatic heterocycles. The molecule has 1 heterocycles. The fourth-order valence-corrected chi connectivity index (χ4v) is 1.61. The molecular formula is C12H14FNO3. The molecule has 0 aliphatic carbocycles. The van der Waals surface area contributed by atoms with Gasteiger partial charge in [-0.3, -0.25) is 4.79 Å². The first-order chi connectivity index (χ1) is 8.25. The average Bonchev–Trinajstić information content (AvgIpc) is 2.37. The molecule has 0 radical (unpaired) electrons. The third kappa shape index (κ3) is 3.42. The second-order valence-corrected chi connectivity index (χ2v) is 3.74. The number of morpholine rings is 1. The molecule has 0 atom stereocenters. The van der Waals surface area contributed by atoms with E-state index in [0.717, 1.165) is 0 Å². The van der Waals surface area contributed by atoms with Gasteiger partial charge in [0.05, 0.1) is 13.2 Å². The van der Waals surface area contributed by atoms with E-state index >= 15 is 0 Å². The van der Waals surface area contributed by atoms with Gasteiger partial charge in [0.15, 0.2) is 6.61 Å². The zero-order valence-electron chi connectivity index (χ0n) is 9.39. The highest BCUT2D eigenvalue weighted by atomic mass is 19.1. The molecule has 0 saturated carbocycles. The predicted octanol–water partition coefficient (Wildman–Crippen LogP) is 1.06. The van der Waals surface area contributed by atoms with Crippen molar-refractivity contribution >= 4 is 5.91 Å². The Kier molecular flexibility index (Phi) is 3.93. The van der Waals surface area contributed by atoms with E-state index in [1.165, 1.54) is 12.1 Å². The Balaban J connectivity index is 1.83. The minimum atomic E-state index is -0.374. The van der Waals surface area contributed by atoms with Crippen molar-refractivity contribution in [2.75, 3.05) is 32.9 Å². The largest absolute Gasteiger partial charge is 0.484 e. The Labute approximate surface area is 98.9 Å². The van der Waals surface area contributed by atoms with Gasteiger partial charge in [-0.05, 0) is 12.1 Å². The monoisotopic (exact) mass is 239 g/mol. The fourth-order valence-electron chi connectivity index (χ4n) is 1.61. The van der Waals surface area contributed by atoms with Gasteiger partial charge >= 0.3 is 0 Å². The molecule has 0 spiro atoms. The third-order valence-corrected chi connectivity index (χ3v) is 2.52. The lowest BCUT2D eigenvalue weighted by Crippen LogP contribution is -2.42. The lowest BCUT2D eigenvalue weighted by atomic mass is 10.3. The summed E-state index contributed by atoms with van der Waals surface area (Å²) in [5.74, 6) is -0.106. The van der Waals surface area contributed by atoms with Crippen LogP contribution in [0.15, 0.2) is 24.3 Å². The van der Waals surface area contributed by atoms with Gasteiger partial charge in [0, 0.05) is 19.2 Å². The number of hydrogen-bond acceptors (Lipinski definition) is 3. The van der Waals surface area contributed by atoms with E-state index in [1.807, 2.05) is 0 Å². The van der Waals surface area contributed by atoms with Gasteiger partial charge in [0.1, 0.15) is 11.6 Å². The highest BCUT2D eigenvalue weighted by Crippen LogP contribution is 2.12. The normalized spacial score (nSPS) is 15.7. The fraction of sp³-hybridized carbons (Fsp3) is 0.417. The average molecular weight is 239 g/mol. The zero-order valence-corrected chi connectivity index (χ0v) is 9.39. The number of benzene rings is 1. The first kappa shape index (κ1) is 11.9. The van der Waals surface area contributed by atoms with E-state index in [4.69, 9.17) is 9.47 Å². The molecule has 1 aromatic carbocycles. The van der Waals surface area contributed by atoms with Crippen molar-refractivity contribution in [3.05, 3.63) is 30.1 Å². The van der Waals surface area contributed by atoms with Gasteiger partial charge in [0.25, 0.3) is 5.91 Å². The number of amides is 1. The molecule has 0 aromatic heterocycles. The molecule has 0 unspecified atom stereocenters. The summed E-state index contributed by atoms with van der Waals surface area (Å²) in [6, 6.07) is 5.75. The number of ether oxygens (including phenoxy) is 2. The molecule has 5 heteroatoms. The Hall–Kier alpha value is -1.62. The highest BCUT2D eigenvalue weighted by molar-refractivity contribution is 5.77. The smallest absolute Gasteiger partial charge is 0.260 e. The summed E-state index contributed by atoms with van der Waals surface area (Å²) < 4.78 is 23.2. The lowest BCUT2D eigenvalue weighted by molar-refractivity contribution is -0.137. The molecule has 0 bridgehead atoms. The molecule has 1 saturated heterocycles. The van der Waals surface area contributed by atoms with E-state index in [0.29, 0.717) is 32.1 Å². The van der Waals surface area contributed by atoms with Crippen LogP contribution in [0.5, 0.6) is 5.75 Å². The van der Waals surface area contributed by atoms with E-state index in [1.54, 1.807) is 17.0 Å². The zero-order chi connectivity index (χ0) is 12.1. The first-order valence-electron chi connectivity index (χ1n) is 5.49. The summed E-state index contributed by atoms with van der Waals surface area (Å²) in [5.41, 5.74) is 0. The summed E-state index contributed by atoms with van der Waals surface area (Å²) in [5, 5.41) is 0. The van der Waals surface area contributed by atoms with Gasteiger partial charge in [-0.1, -0.05) is 6.07 Å². The Morgan fingerprint density at radius 3 is 2.88 bits per heavy atom. The summed E-state index contributed by atoms with van der Waals surface area (Å²) in [4.78, 5) is 13.4. The molecule has 1 aliphatic rings. The molecule has 0 N–H and O–H groups in total. The topological polar surface area (TPSA) is 38.8 Å². The molecule has 1 aromatic rings. The van der Waals surface area contributed by atoms with Crippen molar-refractivity contribution in [3.63, 3.8) is 0 Å². The number of nitrogens with zero attached hydrogens (tertiary/aromatic N) is 1. The highest BCUT2D eigenvalue weighted by Gasteiger charge is 2.16. The van der Waals surface area contributed by atoms with Crippen LogP contribution in [-0.2, 0) is 9.53 Å². The molecule has 17 heavy (non-hydrogen) atoms. The van der Waals surface area contributed by atoms with Crippen molar-refractivity contribution in [1.82, 2.24) is 4.90 Å². The second-order valence-electron chi connectivity index (χ2n) is 3.74. The standard InChI is InChI=1S/C12H14FNO3/c13-10-2-1-3-11(8-10)17-9-12(15)14-4-6-16-7-5-14/h1-3,8H,4-7,9H2. The Morgan fingerprint density at radius 2 is 2.18 bits per heavy atom. The van der Waals surface area contributed by atoms with Crippen LogP contribution in [0.2, 0.25) is 0 Å². The van der Waals surface area contributed by atoms with Crippen molar-refractivity contribution < 1.29 is 18.7 Å². The van der Waals surface area contributed by atoms with Crippen LogP contribution in [0.25, 0.3) is 0 Å². The van der Waals surface area contributed by atoms with Crippen molar-refractivity contribution in [2.24, 2.45) is 0 Å². The maximum Gasteiger partial charge on any atom is 0.260 e. The van der Waals surface area contributed by atoms with E-state index in [2.05, 4.69) is 0 Å². The molecule has 1 amide bonds. The van der Waals surface area contributed by atoms with Crippen LogP contribution in [-0.4, -0.2) is 43.7 Å². The molecular weight excluding hydrogens is 225 g/mol. The second kappa shape index (κ2) is 5.63. The van der Waals surface area contributed by atoms with Crippen LogP contribution >= 0.6 is 0 Å². The molecule has 2 rings (SSSR count). The van der Waals surface area contributed by atoms with E-state index in [9.17, 15) is 9.18 Å². The van der Waals surface area contributed by atoms with Gasteiger partial charge in [-0.15, -0.1) is 0 Å². The van der Waals surface area contributed by atoms with Gasteiger partial charge < -0.3 is 14.4 Å². The van der Waals surface area contributed by atoms with E-state index in [-0.39, 0.29) is 18.3 Å². The number of halogens is 1. The predicted molar refractivity (Wildman–Crippen MR) is 59.3 cm³/mol. The maximum atomic E-state index is 12.9. The number of hydrogen-bond donors (Lipinski definition) is 0. The lowest BCUT2D eigenvalue weighted by Gasteiger charge is -2.26. The van der Waals surface area contributed by atoms with Crippen LogP contribution in [0.3, 0.4) is 0 Å². The van der Waals surface area contributed by atoms with Crippen molar-refractivity contribution in [2.45, 2.75) is 0 Å². The van der Waals surface area contributed by atoms with E-state index < -0.39 is 0 Å². The minimum absolute atomic E-state index is 0.0660. The summed E-state index contributed by atoms with van der Waals surface area (Å²) >= 11 is 0. The first-order valence-corrected chi connectivity index (χ1v) is 5.49. The van der Waals surface area contributed by atoms with Crippen LogP contribution < -0.4 is 4.74 Å². The van der Waals surface area contributed by atoms with Crippen LogP contribution in [0.4, 0.5) is 4.39 Å². The van der Waals surface area contributed by atoms with Gasteiger partial charge in [-0.2, -0.15) is 0 Å². The number of rotatable bonds is 3. The Morgan fingerprint density at radius 1 is 1.41 bits per heavy atom. The quantitative estimate of drug-likeness (QED) is 0.791. The molecule has 1 fully saturated rings. The van der Waals surface area contributed by atoms with Crippen LogP contribution in [0, 0.1) is 5.82 Å². The maximum absolute atomic E-state index is 12.9. The SMILES string of the molecule is O=C(COc1cccc(F)c1)N1CCOCC1. The van der Waals surface area contributed by atoms with Crippen LogP contribution in [0.1, 0.15) is 0 Å². The van der Waals surface area contributed by atoms with Gasteiger partial charge in [-0.25, -0.2) is 4.39 Å².